The van der Waals surface area contributed by atoms with Gasteiger partial charge in [0.1, 0.15) is 0 Å². The summed E-state index contributed by atoms with van der Waals surface area (Å²) in [7, 11) is -3.32. The van der Waals surface area contributed by atoms with Gasteiger partial charge in [-0.25, -0.2) is 10.2 Å². The van der Waals surface area contributed by atoms with Gasteiger partial charge in [0.2, 0.25) is 5.91 Å². The van der Waals surface area contributed by atoms with Crippen LogP contribution in [0.3, 0.4) is 0 Å². The molecule has 0 spiro atoms. The molecule has 3 amide bonds. The van der Waals surface area contributed by atoms with E-state index in [-0.39, 0.29) is 25.8 Å². The normalized spacial score (nSPS) is 11.0. The third kappa shape index (κ3) is 7.02. The molecule has 2 N–H and O–H groups in total. The quantitative estimate of drug-likeness (QED) is 0.469. The van der Waals surface area contributed by atoms with E-state index in [4.69, 9.17) is 9.05 Å². The molecular weight excluding hydrogens is 393 g/mol. The largest absolute Gasteiger partial charge is 0.345 e. The van der Waals surface area contributed by atoms with Crippen LogP contribution in [0.1, 0.15) is 20.3 Å². The van der Waals surface area contributed by atoms with Crippen LogP contribution in [0.2, 0.25) is 0 Å². The number of nitrogens with one attached hydrogen (secondary N) is 2. The molecule has 0 saturated heterocycles. The summed E-state index contributed by atoms with van der Waals surface area (Å²) in [5, 5.41) is 0. The number of para-hydroxylation sites is 2. The minimum Gasteiger partial charge on any atom is -0.309 e. The predicted octanol–water partition coefficient (Wildman–Crippen LogP) is 4.22. The lowest BCUT2D eigenvalue weighted by Crippen LogP contribution is -2.47. The number of benzene rings is 2. The molecule has 156 valence electrons. The first-order valence-corrected chi connectivity index (χ1v) is 11.1. The highest BCUT2D eigenvalue weighted by atomic mass is 31.2. The molecule has 0 saturated carbocycles. The Balaban J connectivity index is 1.99. The van der Waals surface area contributed by atoms with Crippen LogP contribution in [-0.2, 0) is 18.4 Å². The van der Waals surface area contributed by atoms with E-state index in [2.05, 4.69) is 10.9 Å². The second-order valence-electron chi connectivity index (χ2n) is 5.90. The van der Waals surface area contributed by atoms with Crippen LogP contribution in [0.5, 0.6) is 0 Å². The van der Waals surface area contributed by atoms with Gasteiger partial charge < -0.3 is 9.05 Å². The lowest BCUT2D eigenvalue weighted by molar-refractivity contribution is -0.121. The third-order valence-electron chi connectivity index (χ3n) is 3.81. The van der Waals surface area contributed by atoms with Crippen molar-refractivity contribution in [3.63, 3.8) is 0 Å². The molecule has 0 aliphatic heterocycles. The Morgan fingerprint density at radius 3 is 1.79 bits per heavy atom. The lowest BCUT2D eigenvalue weighted by Gasteiger charge is -2.23. The molecule has 2 aromatic rings. The Hall–Kier alpha value is -2.67. The Labute approximate surface area is 170 Å². The van der Waals surface area contributed by atoms with E-state index >= 15 is 0 Å². The van der Waals surface area contributed by atoms with Crippen LogP contribution in [0, 0.1) is 0 Å². The Kier molecular flexibility index (Phi) is 8.86. The highest BCUT2D eigenvalue weighted by Crippen LogP contribution is 2.48. The maximum atomic E-state index is 12.8. The second kappa shape index (κ2) is 11.4. The first-order chi connectivity index (χ1) is 14.0. The van der Waals surface area contributed by atoms with Crippen molar-refractivity contribution in [3.05, 3.63) is 60.7 Å². The van der Waals surface area contributed by atoms with Crippen molar-refractivity contribution in [3.8, 4) is 0 Å². The van der Waals surface area contributed by atoms with Gasteiger partial charge in [0.05, 0.1) is 30.8 Å². The standard InChI is InChI=1S/C20H26N3O5P/c1-3-27-29(26,28-4-2)16-15-19(24)21-22-20(25)23(17-11-7-5-8-12-17)18-13-9-6-10-14-18/h5-14H,3-4,15-16H2,1-2H3,(H,21,24)(H,22,25). The van der Waals surface area contributed by atoms with Crippen molar-refractivity contribution in [1.29, 1.82) is 0 Å². The molecular formula is C20H26N3O5P. The van der Waals surface area contributed by atoms with E-state index in [0.717, 1.165) is 0 Å². The van der Waals surface area contributed by atoms with Crippen LogP contribution in [0.25, 0.3) is 0 Å². The smallest absolute Gasteiger partial charge is 0.309 e. The van der Waals surface area contributed by atoms with E-state index in [1.807, 2.05) is 36.4 Å². The minimum atomic E-state index is -3.32. The van der Waals surface area contributed by atoms with Crippen LogP contribution in [-0.4, -0.2) is 31.3 Å². The van der Waals surface area contributed by atoms with Gasteiger partial charge in [-0.1, -0.05) is 36.4 Å². The van der Waals surface area contributed by atoms with Gasteiger partial charge in [0.25, 0.3) is 0 Å². The van der Waals surface area contributed by atoms with E-state index < -0.39 is 19.5 Å². The zero-order valence-electron chi connectivity index (χ0n) is 16.5. The molecule has 9 heteroatoms. The third-order valence-corrected chi connectivity index (χ3v) is 5.88. The summed E-state index contributed by atoms with van der Waals surface area (Å²) in [6.45, 7) is 3.85. The van der Waals surface area contributed by atoms with Crippen molar-refractivity contribution in [2.75, 3.05) is 24.3 Å². The number of anilines is 2. The van der Waals surface area contributed by atoms with Gasteiger partial charge >= 0.3 is 13.6 Å². The molecule has 2 aromatic carbocycles. The predicted molar refractivity (Wildman–Crippen MR) is 112 cm³/mol. The van der Waals surface area contributed by atoms with Crippen LogP contribution in [0.15, 0.2) is 60.7 Å². The molecule has 0 atom stereocenters. The summed E-state index contributed by atoms with van der Waals surface area (Å²) < 4.78 is 22.7. The number of urea groups is 1. The van der Waals surface area contributed by atoms with Crippen LogP contribution >= 0.6 is 7.60 Å². The lowest BCUT2D eigenvalue weighted by atomic mass is 10.2. The number of nitrogens with zero attached hydrogens (tertiary/aromatic N) is 1. The van der Waals surface area contributed by atoms with E-state index in [0.29, 0.717) is 11.4 Å². The SMILES string of the molecule is CCOP(=O)(CCC(=O)NNC(=O)N(c1ccccc1)c1ccccc1)OCC. The van der Waals surface area contributed by atoms with Crippen molar-refractivity contribution >= 4 is 30.9 Å². The van der Waals surface area contributed by atoms with Crippen LogP contribution < -0.4 is 15.8 Å². The summed E-state index contributed by atoms with van der Waals surface area (Å²) in [4.78, 5) is 26.3. The van der Waals surface area contributed by atoms with Gasteiger partial charge in [-0.05, 0) is 38.1 Å². The molecule has 0 fully saturated rings. The van der Waals surface area contributed by atoms with Crippen molar-refractivity contribution in [1.82, 2.24) is 10.9 Å². The van der Waals surface area contributed by atoms with E-state index in [1.165, 1.54) is 4.90 Å². The number of rotatable bonds is 9. The van der Waals surface area contributed by atoms with Gasteiger partial charge in [-0.2, -0.15) is 0 Å². The van der Waals surface area contributed by atoms with Crippen molar-refractivity contribution in [2.45, 2.75) is 20.3 Å². The first-order valence-electron chi connectivity index (χ1n) is 9.36. The number of hydrazine groups is 1. The highest BCUT2D eigenvalue weighted by Gasteiger charge is 2.25. The summed E-state index contributed by atoms with van der Waals surface area (Å²) in [5.74, 6) is -0.501. The molecule has 0 heterocycles. The van der Waals surface area contributed by atoms with Crippen molar-refractivity contribution in [2.24, 2.45) is 0 Å². The van der Waals surface area contributed by atoms with Crippen LogP contribution in [0.4, 0.5) is 16.2 Å². The molecule has 0 aliphatic carbocycles. The molecule has 0 aromatic heterocycles. The summed E-state index contributed by atoms with van der Waals surface area (Å²) >= 11 is 0. The maximum Gasteiger partial charge on any atom is 0.345 e. The fourth-order valence-electron chi connectivity index (χ4n) is 2.58. The first kappa shape index (κ1) is 22.6. The Morgan fingerprint density at radius 2 is 1.34 bits per heavy atom. The monoisotopic (exact) mass is 419 g/mol. The number of hydrogen-bond acceptors (Lipinski definition) is 5. The number of carbonyl (C=O) groups excluding carboxylic acids is 2. The van der Waals surface area contributed by atoms with Crippen molar-refractivity contribution < 1.29 is 23.2 Å². The molecule has 0 unspecified atom stereocenters. The molecule has 0 aliphatic rings. The van der Waals surface area contributed by atoms with Gasteiger partial charge in [0, 0.05) is 6.42 Å². The number of hydrogen-bond donors (Lipinski definition) is 2. The average Bonchev–Trinajstić information content (AvgIpc) is 2.73. The van der Waals surface area contributed by atoms with E-state index in [9.17, 15) is 14.2 Å². The summed E-state index contributed by atoms with van der Waals surface area (Å²) in [5.41, 5.74) is 6.03. The maximum absolute atomic E-state index is 12.8. The fourth-order valence-corrected chi connectivity index (χ4v) is 4.17. The Morgan fingerprint density at radius 1 is 0.862 bits per heavy atom. The Bertz CT molecular complexity index is 783. The highest BCUT2D eigenvalue weighted by molar-refractivity contribution is 7.53. The number of amides is 3. The summed E-state index contributed by atoms with van der Waals surface area (Å²) in [6, 6.07) is 17.6. The minimum absolute atomic E-state index is 0.0720. The van der Waals surface area contributed by atoms with Gasteiger partial charge in [0.15, 0.2) is 0 Å². The second-order valence-corrected chi connectivity index (χ2v) is 8.09. The number of carbonyl (C=O) groups is 2. The zero-order chi connectivity index (χ0) is 21.1. The van der Waals surface area contributed by atoms with Gasteiger partial charge in [-0.3, -0.25) is 19.7 Å². The van der Waals surface area contributed by atoms with Gasteiger partial charge in [-0.15, -0.1) is 0 Å². The molecule has 8 nitrogen and oxygen atoms in total. The zero-order valence-corrected chi connectivity index (χ0v) is 17.4. The fraction of sp³-hybridized carbons (Fsp3) is 0.300. The average molecular weight is 419 g/mol. The molecule has 0 bridgehead atoms. The summed E-state index contributed by atoms with van der Waals surface area (Å²) in [6.07, 6.45) is -0.189. The molecule has 0 radical (unpaired) electrons. The molecule has 2 rings (SSSR count). The topological polar surface area (TPSA) is 97.0 Å². The van der Waals surface area contributed by atoms with E-state index in [1.54, 1.807) is 38.1 Å². The molecule has 29 heavy (non-hydrogen) atoms.